The molecule has 0 unspecified atom stereocenters. The maximum Gasteiger partial charge on any atom is 0.352 e. The predicted molar refractivity (Wildman–Crippen MR) is 67.8 cm³/mol. The highest BCUT2D eigenvalue weighted by Crippen LogP contribution is 2.20. The summed E-state index contributed by atoms with van der Waals surface area (Å²) < 4.78 is 25.0. The van der Waals surface area contributed by atoms with E-state index in [0.717, 1.165) is 4.31 Å². The fraction of sp³-hybridized carbons (Fsp3) is 0.182. The number of halogens is 1. The van der Waals surface area contributed by atoms with Gasteiger partial charge in [-0.05, 0) is 31.2 Å². The minimum absolute atomic E-state index is 0.0185. The van der Waals surface area contributed by atoms with Crippen LogP contribution in [0, 0.1) is 0 Å². The predicted octanol–water partition coefficient (Wildman–Crippen LogP) is 1.95. The molecule has 1 aromatic rings. The van der Waals surface area contributed by atoms with E-state index in [1.807, 2.05) is 0 Å². The summed E-state index contributed by atoms with van der Waals surface area (Å²) in [4.78, 5) is 10.9. The van der Waals surface area contributed by atoms with Gasteiger partial charge in [-0.25, -0.2) is 13.2 Å². The molecule has 0 aliphatic carbocycles. The summed E-state index contributed by atoms with van der Waals surface area (Å²) in [5, 5.41) is 9.31. The second-order valence-electron chi connectivity index (χ2n) is 3.41. The van der Waals surface area contributed by atoms with Crippen molar-refractivity contribution in [3.8, 4) is 0 Å². The number of carboxylic acid groups (broad SMARTS) is 1. The highest BCUT2D eigenvalue weighted by Gasteiger charge is 2.25. The molecule has 7 heteroatoms. The lowest BCUT2D eigenvalue weighted by Crippen LogP contribution is -2.30. The van der Waals surface area contributed by atoms with Gasteiger partial charge in [-0.2, -0.15) is 0 Å². The van der Waals surface area contributed by atoms with Crippen LogP contribution in [0.15, 0.2) is 40.9 Å². The van der Waals surface area contributed by atoms with Crippen LogP contribution in [0.4, 0.5) is 0 Å². The van der Waals surface area contributed by atoms with Crippen LogP contribution in [-0.4, -0.2) is 30.8 Å². The van der Waals surface area contributed by atoms with Crippen LogP contribution in [0.3, 0.4) is 0 Å². The minimum Gasteiger partial charge on any atom is -0.477 e. The van der Waals surface area contributed by atoms with Crippen LogP contribution in [-0.2, 0) is 14.8 Å². The molecule has 98 valence electrons. The van der Waals surface area contributed by atoms with E-state index >= 15 is 0 Å². The van der Waals surface area contributed by atoms with Gasteiger partial charge in [-0.15, -0.1) is 0 Å². The SMILES string of the molecule is C/C=C(/C(=O)O)N(C)S(=O)(=O)c1ccc(Cl)cc1. The molecule has 0 spiro atoms. The average Bonchev–Trinajstić information content (AvgIpc) is 2.29. The second-order valence-corrected chi connectivity index (χ2v) is 5.81. The molecule has 0 heterocycles. The molecule has 5 nitrogen and oxygen atoms in total. The number of aliphatic carboxylic acids is 1. The number of sulfonamides is 1. The Bertz CT molecular complexity index is 578. The van der Waals surface area contributed by atoms with Crippen LogP contribution < -0.4 is 0 Å². The van der Waals surface area contributed by atoms with Gasteiger partial charge in [0.25, 0.3) is 10.0 Å². The van der Waals surface area contributed by atoms with Crippen LogP contribution in [0.25, 0.3) is 0 Å². The molecule has 0 saturated heterocycles. The molecular weight excluding hydrogens is 278 g/mol. The lowest BCUT2D eigenvalue weighted by atomic mass is 10.4. The van der Waals surface area contributed by atoms with Gasteiger partial charge in [-0.1, -0.05) is 17.7 Å². The standard InChI is InChI=1S/C11H12ClNO4S/c1-3-10(11(14)15)13(2)18(16,17)9-6-4-8(12)5-7-9/h3-7H,1-2H3,(H,14,15)/b10-3-. The second kappa shape index (κ2) is 5.41. The number of nitrogens with zero attached hydrogens (tertiary/aromatic N) is 1. The third kappa shape index (κ3) is 2.83. The highest BCUT2D eigenvalue weighted by molar-refractivity contribution is 7.89. The molecule has 0 atom stereocenters. The van der Waals surface area contributed by atoms with Gasteiger partial charge in [0.05, 0.1) is 4.90 Å². The summed E-state index contributed by atoms with van der Waals surface area (Å²) in [7, 11) is -2.70. The van der Waals surface area contributed by atoms with Crippen molar-refractivity contribution in [2.75, 3.05) is 7.05 Å². The Kier molecular flexibility index (Phi) is 4.37. The average molecular weight is 290 g/mol. The third-order valence-corrected chi connectivity index (χ3v) is 4.34. The van der Waals surface area contributed by atoms with Crippen molar-refractivity contribution in [1.82, 2.24) is 4.31 Å². The quantitative estimate of drug-likeness (QED) is 0.860. The molecular formula is C11H12ClNO4S. The first kappa shape index (κ1) is 14.5. The summed E-state index contributed by atoms with van der Waals surface area (Å²) in [6.07, 6.45) is 1.22. The van der Waals surface area contributed by atoms with Crippen LogP contribution in [0.5, 0.6) is 0 Å². The van der Waals surface area contributed by atoms with E-state index in [2.05, 4.69) is 0 Å². The molecule has 0 aromatic heterocycles. The maximum absolute atomic E-state index is 12.1. The number of rotatable bonds is 4. The minimum atomic E-state index is -3.89. The Labute approximate surface area is 110 Å². The van der Waals surface area contributed by atoms with Gasteiger partial charge in [-0.3, -0.25) is 4.31 Å². The molecule has 1 N–H and O–H groups in total. The van der Waals surface area contributed by atoms with Crippen LogP contribution >= 0.6 is 11.6 Å². The fourth-order valence-corrected chi connectivity index (χ4v) is 2.70. The largest absolute Gasteiger partial charge is 0.477 e. The van der Waals surface area contributed by atoms with Gasteiger partial charge in [0.1, 0.15) is 5.70 Å². The van der Waals surface area contributed by atoms with Gasteiger partial charge in [0, 0.05) is 12.1 Å². The maximum atomic E-state index is 12.1. The van der Waals surface area contributed by atoms with Crippen molar-refractivity contribution in [3.05, 3.63) is 41.1 Å². The van der Waals surface area contributed by atoms with E-state index in [4.69, 9.17) is 16.7 Å². The summed E-state index contributed by atoms with van der Waals surface area (Å²) in [5.74, 6) is -1.31. The summed E-state index contributed by atoms with van der Waals surface area (Å²) in [5.41, 5.74) is -0.315. The van der Waals surface area contributed by atoms with Crippen molar-refractivity contribution in [2.45, 2.75) is 11.8 Å². The molecule has 0 bridgehead atoms. The Hall–Kier alpha value is -1.53. The van der Waals surface area contributed by atoms with E-state index in [1.165, 1.54) is 44.3 Å². The van der Waals surface area contributed by atoms with E-state index in [1.54, 1.807) is 0 Å². The molecule has 0 saturated carbocycles. The topological polar surface area (TPSA) is 74.7 Å². The molecule has 1 aromatic carbocycles. The molecule has 18 heavy (non-hydrogen) atoms. The smallest absolute Gasteiger partial charge is 0.352 e. The Balaban J connectivity index is 3.22. The number of benzene rings is 1. The number of allylic oxidation sites excluding steroid dienone is 1. The lowest BCUT2D eigenvalue weighted by Gasteiger charge is -2.19. The zero-order valence-corrected chi connectivity index (χ0v) is 11.4. The number of hydrogen-bond donors (Lipinski definition) is 1. The van der Waals surface area contributed by atoms with Crippen LogP contribution in [0.2, 0.25) is 5.02 Å². The molecule has 1 rings (SSSR count). The van der Waals surface area contributed by atoms with Crippen molar-refractivity contribution in [2.24, 2.45) is 0 Å². The van der Waals surface area contributed by atoms with Crippen molar-refractivity contribution >= 4 is 27.6 Å². The van der Waals surface area contributed by atoms with Gasteiger partial charge < -0.3 is 5.11 Å². The summed E-state index contributed by atoms with van der Waals surface area (Å²) in [6.45, 7) is 1.46. The van der Waals surface area contributed by atoms with E-state index in [-0.39, 0.29) is 10.6 Å². The number of carboxylic acids is 1. The Morgan fingerprint density at radius 3 is 2.22 bits per heavy atom. The first-order chi connectivity index (χ1) is 8.30. The number of carbonyl (C=O) groups is 1. The van der Waals surface area contributed by atoms with E-state index in [0.29, 0.717) is 5.02 Å². The van der Waals surface area contributed by atoms with E-state index < -0.39 is 16.0 Å². The summed E-state index contributed by atoms with van der Waals surface area (Å²) in [6, 6.07) is 5.50. The Morgan fingerprint density at radius 1 is 1.33 bits per heavy atom. The first-order valence-electron chi connectivity index (χ1n) is 4.94. The lowest BCUT2D eigenvalue weighted by molar-refractivity contribution is -0.133. The van der Waals surface area contributed by atoms with Gasteiger partial charge in [0.15, 0.2) is 0 Å². The number of hydrogen-bond acceptors (Lipinski definition) is 3. The highest BCUT2D eigenvalue weighted by atomic mass is 35.5. The Morgan fingerprint density at radius 2 is 1.83 bits per heavy atom. The zero-order valence-electron chi connectivity index (χ0n) is 9.79. The summed E-state index contributed by atoms with van der Waals surface area (Å²) >= 11 is 5.67. The van der Waals surface area contributed by atoms with E-state index in [9.17, 15) is 13.2 Å². The van der Waals surface area contributed by atoms with Crippen LogP contribution in [0.1, 0.15) is 6.92 Å². The van der Waals surface area contributed by atoms with Gasteiger partial charge >= 0.3 is 5.97 Å². The molecule has 0 fully saturated rings. The van der Waals surface area contributed by atoms with Crippen molar-refractivity contribution < 1.29 is 18.3 Å². The van der Waals surface area contributed by atoms with Gasteiger partial charge in [0.2, 0.25) is 0 Å². The van der Waals surface area contributed by atoms with Crippen molar-refractivity contribution in [1.29, 1.82) is 0 Å². The monoisotopic (exact) mass is 289 g/mol. The first-order valence-corrected chi connectivity index (χ1v) is 6.76. The third-order valence-electron chi connectivity index (χ3n) is 2.30. The van der Waals surface area contributed by atoms with Crippen molar-refractivity contribution in [3.63, 3.8) is 0 Å². The number of likely N-dealkylation sites (N-methyl/N-ethyl adjacent to an activating group) is 1. The zero-order chi connectivity index (χ0) is 13.9. The molecule has 0 amide bonds. The normalized spacial score (nSPS) is 12.3. The molecule has 0 aliphatic rings. The fourth-order valence-electron chi connectivity index (χ4n) is 1.33. The molecule has 0 aliphatic heterocycles. The molecule has 0 radical (unpaired) electrons.